The van der Waals surface area contributed by atoms with Crippen molar-refractivity contribution in [2.75, 3.05) is 0 Å². The van der Waals surface area contributed by atoms with Crippen LogP contribution < -0.4 is 5.43 Å². The summed E-state index contributed by atoms with van der Waals surface area (Å²) < 4.78 is 0. The number of carboxylic acids is 1. The van der Waals surface area contributed by atoms with Crippen LogP contribution in [0.4, 0.5) is 0 Å². The van der Waals surface area contributed by atoms with Crippen LogP contribution in [0.5, 0.6) is 0 Å². The van der Waals surface area contributed by atoms with Gasteiger partial charge in [-0.05, 0) is 19.1 Å². The number of nitrogens with one attached hydrogen (secondary N) is 1. The summed E-state index contributed by atoms with van der Waals surface area (Å²) in [5.74, 6) is -1.24. The van der Waals surface area contributed by atoms with E-state index in [0.29, 0.717) is 16.2 Å². The Bertz CT molecular complexity index is 645. The maximum atomic E-state index is 11.9. The van der Waals surface area contributed by atoms with Gasteiger partial charge in [0.25, 0.3) is 0 Å². The minimum atomic E-state index is -1.24. The summed E-state index contributed by atoms with van der Waals surface area (Å²) in [4.78, 5) is 25.6. The molecule has 1 aromatic carbocycles. The van der Waals surface area contributed by atoms with Gasteiger partial charge in [0.1, 0.15) is 5.56 Å². The minimum Gasteiger partial charge on any atom is -0.477 e. The van der Waals surface area contributed by atoms with Crippen molar-refractivity contribution in [2.45, 2.75) is 6.92 Å². The number of aryl methyl sites for hydroxylation is 1. The van der Waals surface area contributed by atoms with Gasteiger partial charge < -0.3 is 10.1 Å². The highest BCUT2D eigenvalue weighted by Crippen LogP contribution is 2.20. The smallest absolute Gasteiger partial charge is 0.341 e. The fourth-order valence-electron chi connectivity index (χ4n) is 1.65. The average Bonchev–Trinajstić information content (AvgIpc) is 2.19. The standard InChI is InChI=1S/C11H8ClNO3/c1-5-8(11(15)16)10(14)6-3-2-4-7(12)9(6)13-5/h2-4H,1H3,(H,13,14)(H,15,16). The van der Waals surface area contributed by atoms with Crippen molar-refractivity contribution in [3.05, 3.63) is 44.7 Å². The Morgan fingerprint density at radius 2 is 2.12 bits per heavy atom. The Balaban J connectivity index is 3.01. The molecule has 0 aliphatic rings. The largest absolute Gasteiger partial charge is 0.477 e. The zero-order valence-electron chi connectivity index (χ0n) is 8.37. The quantitative estimate of drug-likeness (QED) is 0.799. The lowest BCUT2D eigenvalue weighted by Crippen LogP contribution is -2.18. The minimum absolute atomic E-state index is 0.241. The van der Waals surface area contributed by atoms with E-state index >= 15 is 0 Å². The summed E-state index contributed by atoms with van der Waals surface area (Å²) >= 11 is 5.92. The predicted molar refractivity (Wildman–Crippen MR) is 61.3 cm³/mol. The number of H-pyrrole nitrogens is 1. The first-order valence-corrected chi connectivity index (χ1v) is 4.94. The van der Waals surface area contributed by atoms with E-state index in [1.807, 2.05) is 0 Å². The van der Waals surface area contributed by atoms with Crippen molar-refractivity contribution in [3.8, 4) is 0 Å². The Morgan fingerprint density at radius 1 is 1.44 bits per heavy atom. The maximum absolute atomic E-state index is 11.9. The molecule has 0 amide bonds. The van der Waals surface area contributed by atoms with Gasteiger partial charge in [0.05, 0.1) is 10.5 Å². The van der Waals surface area contributed by atoms with Crippen molar-refractivity contribution >= 4 is 28.5 Å². The third kappa shape index (κ3) is 1.47. The molecule has 0 fully saturated rings. The number of aromatic amines is 1. The molecular weight excluding hydrogens is 230 g/mol. The maximum Gasteiger partial charge on any atom is 0.341 e. The van der Waals surface area contributed by atoms with Crippen molar-refractivity contribution in [1.82, 2.24) is 4.98 Å². The summed E-state index contributed by atoms with van der Waals surface area (Å²) in [7, 11) is 0. The Morgan fingerprint density at radius 3 is 2.75 bits per heavy atom. The number of aromatic nitrogens is 1. The van der Waals surface area contributed by atoms with Gasteiger partial charge in [-0.25, -0.2) is 4.79 Å². The second-order valence-electron chi connectivity index (χ2n) is 3.42. The van der Waals surface area contributed by atoms with Crippen LogP contribution in [0.15, 0.2) is 23.0 Å². The highest BCUT2D eigenvalue weighted by Gasteiger charge is 2.16. The molecular formula is C11H8ClNO3. The number of fused-ring (bicyclic) bond motifs is 1. The van der Waals surface area contributed by atoms with Gasteiger partial charge in [-0.1, -0.05) is 17.7 Å². The van der Waals surface area contributed by atoms with Gasteiger partial charge in [-0.3, -0.25) is 4.79 Å². The van der Waals surface area contributed by atoms with Gasteiger partial charge in [-0.2, -0.15) is 0 Å². The average molecular weight is 238 g/mol. The van der Waals surface area contributed by atoms with Gasteiger partial charge in [0, 0.05) is 11.1 Å². The lowest BCUT2D eigenvalue weighted by Gasteiger charge is -2.05. The summed E-state index contributed by atoms with van der Waals surface area (Å²) in [5, 5.41) is 9.61. The van der Waals surface area contributed by atoms with E-state index in [4.69, 9.17) is 16.7 Å². The third-order valence-electron chi connectivity index (χ3n) is 2.39. The zero-order valence-corrected chi connectivity index (χ0v) is 9.13. The van der Waals surface area contributed by atoms with Gasteiger partial charge >= 0.3 is 5.97 Å². The van der Waals surface area contributed by atoms with Crippen molar-refractivity contribution < 1.29 is 9.90 Å². The Hall–Kier alpha value is -1.81. The second-order valence-corrected chi connectivity index (χ2v) is 3.83. The van der Waals surface area contributed by atoms with Crippen LogP contribution >= 0.6 is 11.6 Å². The van der Waals surface area contributed by atoms with E-state index in [2.05, 4.69) is 4.98 Å². The normalized spacial score (nSPS) is 10.6. The molecule has 0 radical (unpaired) electrons. The fraction of sp³-hybridized carbons (Fsp3) is 0.0909. The van der Waals surface area contributed by atoms with Crippen LogP contribution in [-0.2, 0) is 0 Å². The Labute approximate surface area is 95.5 Å². The first-order valence-electron chi connectivity index (χ1n) is 4.56. The molecule has 2 N–H and O–H groups in total. The molecule has 0 saturated heterocycles. The number of carbonyl (C=O) groups is 1. The van der Waals surface area contributed by atoms with E-state index in [1.54, 1.807) is 18.2 Å². The van der Waals surface area contributed by atoms with Crippen LogP contribution in [0.25, 0.3) is 10.9 Å². The van der Waals surface area contributed by atoms with Crippen molar-refractivity contribution in [2.24, 2.45) is 0 Å². The van der Waals surface area contributed by atoms with E-state index in [9.17, 15) is 9.59 Å². The number of benzene rings is 1. The summed E-state index contributed by atoms with van der Waals surface area (Å²) in [5.41, 5.74) is 0.0192. The number of carboxylic acid groups (broad SMARTS) is 1. The summed E-state index contributed by atoms with van der Waals surface area (Å²) in [6, 6.07) is 4.80. The molecule has 2 aromatic rings. The molecule has 5 heteroatoms. The Kier molecular flexibility index (Phi) is 2.44. The zero-order chi connectivity index (χ0) is 11.9. The van der Waals surface area contributed by atoms with Gasteiger partial charge in [0.2, 0.25) is 5.43 Å². The molecule has 82 valence electrons. The number of hydrogen-bond donors (Lipinski definition) is 2. The summed E-state index contributed by atoms with van der Waals surface area (Å²) in [6.07, 6.45) is 0. The van der Waals surface area contributed by atoms with Gasteiger partial charge in [-0.15, -0.1) is 0 Å². The number of rotatable bonds is 1. The van der Waals surface area contributed by atoms with Crippen LogP contribution in [-0.4, -0.2) is 16.1 Å². The highest BCUT2D eigenvalue weighted by atomic mass is 35.5. The van der Waals surface area contributed by atoms with E-state index in [-0.39, 0.29) is 10.9 Å². The molecule has 0 aliphatic heterocycles. The van der Waals surface area contributed by atoms with Crippen LogP contribution in [0.3, 0.4) is 0 Å². The van der Waals surface area contributed by atoms with Crippen LogP contribution in [0.1, 0.15) is 16.1 Å². The SMILES string of the molecule is Cc1[nH]c2c(Cl)cccc2c(=O)c1C(=O)O. The molecule has 0 atom stereocenters. The molecule has 4 nitrogen and oxygen atoms in total. The molecule has 0 unspecified atom stereocenters. The molecule has 0 spiro atoms. The number of pyridine rings is 1. The van der Waals surface area contributed by atoms with Crippen LogP contribution in [0, 0.1) is 6.92 Å². The van der Waals surface area contributed by atoms with Crippen LogP contribution in [0.2, 0.25) is 5.02 Å². The molecule has 1 aromatic heterocycles. The number of hydrogen-bond acceptors (Lipinski definition) is 2. The molecule has 1 heterocycles. The highest BCUT2D eigenvalue weighted by molar-refractivity contribution is 6.35. The topological polar surface area (TPSA) is 70.2 Å². The predicted octanol–water partition coefficient (Wildman–Crippen LogP) is 2.19. The first-order chi connectivity index (χ1) is 7.52. The third-order valence-corrected chi connectivity index (χ3v) is 2.70. The molecule has 2 rings (SSSR count). The number of para-hydroxylation sites is 1. The lowest BCUT2D eigenvalue weighted by molar-refractivity contribution is 0.0694. The van der Waals surface area contributed by atoms with E-state index in [1.165, 1.54) is 6.92 Å². The summed E-state index contributed by atoms with van der Waals surface area (Å²) in [6.45, 7) is 1.54. The fourth-order valence-corrected chi connectivity index (χ4v) is 1.87. The second kappa shape index (κ2) is 3.64. The number of halogens is 1. The van der Waals surface area contributed by atoms with Crippen molar-refractivity contribution in [3.63, 3.8) is 0 Å². The van der Waals surface area contributed by atoms with Crippen molar-refractivity contribution in [1.29, 1.82) is 0 Å². The van der Waals surface area contributed by atoms with Gasteiger partial charge in [0.15, 0.2) is 0 Å². The monoisotopic (exact) mass is 237 g/mol. The van der Waals surface area contributed by atoms with E-state index in [0.717, 1.165) is 0 Å². The lowest BCUT2D eigenvalue weighted by atomic mass is 10.1. The molecule has 0 bridgehead atoms. The van der Waals surface area contributed by atoms with E-state index < -0.39 is 11.4 Å². The number of aromatic carboxylic acids is 1. The first kappa shape index (κ1) is 10.7. The molecule has 16 heavy (non-hydrogen) atoms. The molecule has 0 saturated carbocycles. The molecule has 0 aliphatic carbocycles.